The zero-order valence-electron chi connectivity index (χ0n) is 18.9. The first-order chi connectivity index (χ1) is 13.3. The first-order valence-corrected chi connectivity index (χ1v) is 12.2. The molecule has 0 radical (unpaired) electrons. The Morgan fingerprint density at radius 2 is 0.815 bits per heavy atom. The summed E-state index contributed by atoms with van der Waals surface area (Å²) >= 11 is 0. The molecule has 160 valence electrons. The van der Waals surface area contributed by atoms with Crippen molar-refractivity contribution in [3.05, 3.63) is 0 Å². The molecule has 0 unspecified atom stereocenters. The molecule has 0 aliphatic heterocycles. The average molecular weight is 380 g/mol. The molecule has 0 heterocycles. The Balaban J connectivity index is 3.32. The van der Waals surface area contributed by atoms with E-state index in [-0.39, 0.29) is 0 Å². The molecular formula is C24H49N3. The molecule has 0 saturated heterocycles. The second-order valence-corrected chi connectivity index (χ2v) is 7.81. The maximum atomic E-state index is 4.40. The molecule has 0 rings (SSSR count). The number of unbranched alkanes of at least 4 members (excludes halogenated alkanes) is 15. The van der Waals surface area contributed by atoms with Crippen LogP contribution in [0.3, 0.4) is 0 Å². The van der Waals surface area contributed by atoms with Crippen LogP contribution in [0.4, 0.5) is 0 Å². The lowest BCUT2D eigenvalue weighted by Crippen LogP contribution is -2.12. The van der Waals surface area contributed by atoms with Gasteiger partial charge in [0.1, 0.15) is 0 Å². The smallest absolute Gasteiger partial charge is 0.0606 e. The molecule has 0 bridgehead atoms. The second-order valence-electron chi connectivity index (χ2n) is 7.81. The van der Waals surface area contributed by atoms with Gasteiger partial charge in [-0.2, -0.15) is 15.3 Å². The van der Waals surface area contributed by atoms with Gasteiger partial charge in [0, 0.05) is 12.4 Å². The molecule has 0 aromatic carbocycles. The highest BCUT2D eigenvalue weighted by atomic mass is 15.7. The first-order valence-electron chi connectivity index (χ1n) is 12.2. The second kappa shape index (κ2) is 23.2. The van der Waals surface area contributed by atoms with Crippen LogP contribution in [0.15, 0.2) is 10.2 Å². The molecule has 0 saturated carbocycles. The maximum Gasteiger partial charge on any atom is 0.0606 e. The normalized spacial score (nSPS) is 11.8. The number of nitrogens with zero attached hydrogens (tertiary/aromatic N) is 3. The summed E-state index contributed by atoms with van der Waals surface area (Å²) in [6, 6.07) is 0. The topological polar surface area (TPSA) is 28.0 Å². The van der Waals surface area contributed by atoms with E-state index in [4.69, 9.17) is 0 Å². The van der Waals surface area contributed by atoms with Crippen molar-refractivity contribution in [3.8, 4) is 0 Å². The Kier molecular flexibility index (Phi) is 22.4. The summed E-state index contributed by atoms with van der Waals surface area (Å²) in [5, 5.41) is 10.7. The lowest BCUT2D eigenvalue weighted by molar-refractivity contribution is 0.297. The molecule has 3 nitrogen and oxygen atoms in total. The fraction of sp³-hybridized carbons (Fsp3) is 0.917. The minimum atomic E-state index is 0.950. The molecule has 0 atom stereocenters. The predicted octanol–water partition coefficient (Wildman–Crippen LogP) is 8.34. The van der Waals surface area contributed by atoms with E-state index in [1.54, 1.807) is 0 Å². The summed E-state index contributed by atoms with van der Waals surface area (Å²) in [5.41, 5.74) is 0. The third-order valence-corrected chi connectivity index (χ3v) is 5.01. The monoisotopic (exact) mass is 379 g/mol. The minimum absolute atomic E-state index is 0.950. The largest absolute Gasteiger partial charge is 0.186 e. The predicted molar refractivity (Wildman–Crippen MR) is 124 cm³/mol. The van der Waals surface area contributed by atoms with Crippen LogP contribution in [0.25, 0.3) is 0 Å². The summed E-state index contributed by atoms with van der Waals surface area (Å²) in [7, 11) is 0. The van der Waals surface area contributed by atoms with Crippen LogP contribution in [0.2, 0.25) is 0 Å². The van der Waals surface area contributed by atoms with Crippen molar-refractivity contribution in [2.75, 3.05) is 6.54 Å². The molecule has 0 spiro atoms. The fourth-order valence-electron chi connectivity index (χ4n) is 3.30. The lowest BCUT2D eigenvalue weighted by atomic mass is 10.0. The highest BCUT2D eigenvalue weighted by molar-refractivity contribution is 5.57. The Bertz CT molecular complexity index is 312. The van der Waals surface area contributed by atoms with Gasteiger partial charge in [-0.15, -0.1) is 0 Å². The Morgan fingerprint density at radius 3 is 1.15 bits per heavy atom. The van der Waals surface area contributed by atoms with Crippen molar-refractivity contribution in [2.45, 2.75) is 136 Å². The molecular weight excluding hydrogens is 330 g/mol. The van der Waals surface area contributed by atoms with E-state index in [2.05, 4.69) is 31.0 Å². The van der Waals surface area contributed by atoms with Gasteiger partial charge in [-0.25, -0.2) is 0 Å². The zero-order valence-corrected chi connectivity index (χ0v) is 18.9. The third-order valence-electron chi connectivity index (χ3n) is 5.01. The van der Waals surface area contributed by atoms with Crippen molar-refractivity contribution in [1.82, 2.24) is 5.12 Å². The lowest BCUT2D eigenvalue weighted by Gasteiger charge is -2.12. The standard InChI is InChI=1S/C24H49N3/c1-4-7-8-9-10-11-12-13-14-15-16-17-18-19-20-21-24-27(25-22-5-2)26-23-6-3/h22-23H,4-21,24H2,1-3H3. The Hall–Kier alpha value is -0.860. The van der Waals surface area contributed by atoms with Gasteiger partial charge in [0.15, 0.2) is 0 Å². The van der Waals surface area contributed by atoms with E-state index >= 15 is 0 Å². The molecule has 0 amide bonds. The average Bonchev–Trinajstić information content (AvgIpc) is 2.69. The van der Waals surface area contributed by atoms with Crippen LogP contribution in [-0.2, 0) is 0 Å². The van der Waals surface area contributed by atoms with E-state index in [0.29, 0.717) is 0 Å². The summed E-state index contributed by atoms with van der Waals surface area (Å²) in [5.74, 6) is 0. The van der Waals surface area contributed by atoms with Gasteiger partial charge in [0.05, 0.1) is 6.54 Å². The summed E-state index contributed by atoms with van der Waals surface area (Å²) < 4.78 is 0. The molecule has 0 aliphatic rings. The quantitative estimate of drug-likeness (QED) is 0.112. The van der Waals surface area contributed by atoms with Crippen molar-refractivity contribution in [3.63, 3.8) is 0 Å². The molecule has 0 aromatic heterocycles. The third kappa shape index (κ3) is 21.3. The number of hydrogen-bond donors (Lipinski definition) is 0. The van der Waals surface area contributed by atoms with Gasteiger partial charge in [-0.1, -0.05) is 117 Å². The minimum Gasteiger partial charge on any atom is -0.186 e. The van der Waals surface area contributed by atoms with Crippen molar-refractivity contribution in [2.24, 2.45) is 10.2 Å². The SMILES string of the molecule is CCC=NN(CCCCCCCCCCCCCCCCCC)N=CCC. The highest BCUT2D eigenvalue weighted by Gasteiger charge is 1.98. The molecule has 0 fully saturated rings. The number of rotatable bonds is 21. The fourth-order valence-corrected chi connectivity index (χ4v) is 3.30. The molecule has 27 heavy (non-hydrogen) atoms. The van der Waals surface area contributed by atoms with E-state index in [1.165, 1.54) is 103 Å². The van der Waals surface area contributed by atoms with Crippen LogP contribution in [0.1, 0.15) is 136 Å². The Labute approximate surface area is 171 Å². The van der Waals surface area contributed by atoms with Crippen LogP contribution in [0, 0.1) is 0 Å². The van der Waals surface area contributed by atoms with Gasteiger partial charge in [0.25, 0.3) is 0 Å². The highest BCUT2D eigenvalue weighted by Crippen LogP contribution is 2.13. The molecule has 0 aliphatic carbocycles. The summed E-state index contributed by atoms with van der Waals surface area (Å²) in [4.78, 5) is 0. The van der Waals surface area contributed by atoms with Crippen LogP contribution in [-0.4, -0.2) is 24.1 Å². The van der Waals surface area contributed by atoms with Crippen LogP contribution >= 0.6 is 0 Å². The molecule has 3 heteroatoms. The van der Waals surface area contributed by atoms with Crippen molar-refractivity contribution >= 4 is 12.4 Å². The molecule has 0 aromatic rings. The molecule has 0 N–H and O–H groups in total. The summed E-state index contributed by atoms with van der Waals surface area (Å²) in [6.45, 7) is 7.46. The maximum absolute atomic E-state index is 4.40. The van der Waals surface area contributed by atoms with Crippen LogP contribution in [0.5, 0.6) is 0 Å². The Morgan fingerprint density at radius 1 is 0.481 bits per heavy atom. The number of hydrogen-bond acceptors (Lipinski definition) is 3. The van der Waals surface area contributed by atoms with Crippen molar-refractivity contribution in [1.29, 1.82) is 0 Å². The van der Waals surface area contributed by atoms with E-state index < -0.39 is 0 Å². The van der Waals surface area contributed by atoms with E-state index in [1.807, 2.05) is 17.5 Å². The van der Waals surface area contributed by atoms with E-state index in [9.17, 15) is 0 Å². The van der Waals surface area contributed by atoms with E-state index in [0.717, 1.165) is 19.4 Å². The first kappa shape index (κ1) is 26.1. The van der Waals surface area contributed by atoms with Gasteiger partial charge in [-0.3, -0.25) is 0 Å². The van der Waals surface area contributed by atoms with Gasteiger partial charge in [-0.05, 0) is 19.3 Å². The number of hydrazone groups is 2. The zero-order chi connectivity index (χ0) is 19.8. The van der Waals surface area contributed by atoms with Crippen molar-refractivity contribution < 1.29 is 0 Å². The van der Waals surface area contributed by atoms with Gasteiger partial charge in [0.2, 0.25) is 0 Å². The van der Waals surface area contributed by atoms with Gasteiger partial charge >= 0.3 is 0 Å². The van der Waals surface area contributed by atoms with Gasteiger partial charge < -0.3 is 0 Å². The summed E-state index contributed by atoms with van der Waals surface area (Å²) in [6.07, 6.45) is 28.4. The van der Waals surface area contributed by atoms with Crippen LogP contribution < -0.4 is 0 Å².